The smallest absolute Gasteiger partial charge is 0.00549 e. The number of rotatable bonds is 2. The van der Waals surface area contributed by atoms with Crippen LogP contribution < -0.4 is 0 Å². The van der Waals surface area contributed by atoms with E-state index < -0.39 is 0 Å². The minimum atomic E-state index is 0.984. The highest BCUT2D eigenvalue weighted by molar-refractivity contribution is 8.01. The quantitative estimate of drug-likeness (QED) is 0.531. The summed E-state index contributed by atoms with van der Waals surface area (Å²) in [5.41, 5.74) is 0. The Morgan fingerprint density at radius 2 is 2.43 bits per heavy atom. The molecule has 0 spiro atoms. The molecule has 0 nitrogen and oxygen atoms in total. The third-order valence-corrected chi connectivity index (χ3v) is 2.73. The lowest BCUT2D eigenvalue weighted by atomic mass is 10.2. The largest absolute Gasteiger partial charge is 0.159 e. The second kappa shape index (κ2) is 2.61. The molecule has 1 atom stereocenters. The summed E-state index contributed by atoms with van der Waals surface area (Å²) in [5, 5.41) is 0.984. The zero-order valence-corrected chi connectivity index (χ0v) is 5.34. The molecule has 1 rings (SSSR count). The van der Waals surface area contributed by atoms with Crippen LogP contribution in [-0.4, -0.2) is 11.0 Å². The Hall–Kier alpha value is 0.350. The normalized spacial score (nSPS) is 29.6. The lowest BCUT2D eigenvalue weighted by molar-refractivity contribution is 0.717. The van der Waals surface area contributed by atoms with E-state index in [-0.39, 0.29) is 0 Å². The van der Waals surface area contributed by atoms with Crippen LogP contribution in [-0.2, 0) is 0 Å². The molecule has 1 heteroatoms. The van der Waals surface area contributed by atoms with Crippen molar-refractivity contribution in [2.24, 2.45) is 0 Å². The molecule has 1 fully saturated rings. The van der Waals surface area contributed by atoms with Crippen LogP contribution in [0, 0.1) is 6.92 Å². The van der Waals surface area contributed by atoms with Crippen LogP contribution in [0.15, 0.2) is 0 Å². The van der Waals surface area contributed by atoms with Gasteiger partial charge in [-0.05, 0) is 18.6 Å². The molecule has 0 aromatic rings. The average Bonchev–Trinajstić information content (AvgIpc) is 1.55. The van der Waals surface area contributed by atoms with Gasteiger partial charge >= 0.3 is 0 Å². The maximum Gasteiger partial charge on any atom is 0.00549 e. The van der Waals surface area contributed by atoms with Crippen LogP contribution in [0.3, 0.4) is 0 Å². The van der Waals surface area contributed by atoms with Crippen molar-refractivity contribution < 1.29 is 0 Å². The van der Waals surface area contributed by atoms with E-state index in [0.29, 0.717) is 0 Å². The van der Waals surface area contributed by atoms with Gasteiger partial charge < -0.3 is 0 Å². The van der Waals surface area contributed by atoms with Crippen molar-refractivity contribution >= 4 is 11.8 Å². The Morgan fingerprint density at radius 1 is 1.71 bits per heavy atom. The molecule has 0 aliphatic carbocycles. The molecule has 0 saturated carbocycles. The van der Waals surface area contributed by atoms with Gasteiger partial charge in [0, 0.05) is 5.25 Å². The molecule has 0 amide bonds. The Kier molecular flexibility index (Phi) is 2.04. The van der Waals surface area contributed by atoms with Crippen molar-refractivity contribution in [3.63, 3.8) is 0 Å². The topological polar surface area (TPSA) is 0 Å². The third kappa shape index (κ3) is 1.37. The van der Waals surface area contributed by atoms with Gasteiger partial charge in [-0.25, -0.2) is 0 Å². The summed E-state index contributed by atoms with van der Waals surface area (Å²) >= 11 is 2.09. The maximum atomic E-state index is 3.79. The first-order valence-electron chi connectivity index (χ1n) is 2.84. The van der Waals surface area contributed by atoms with E-state index in [1.165, 1.54) is 18.6 Å². The predicted octanol–water partition coefficient (Wildman–Crippen LogP) is 2.11. The monoisotopic (exact) mass is 115 g/mol. The van der Waals surface area contributed by atoms with Crippen molar-refractivity contribution in [2.45, 2.75) is 24.5 Å². The van der Waals surface area contributed by atoms with E-state index in [9.17, 15) is 0 Å². The Balaban J connectivity index is 1.93. The van der Waals surface area contributed by atoms with Gasteiger partial charge in [-0.3, -0.25) is 0 Å². The van der Waals surface area contributed by atoms with E-state index >= 15 is 0 Å². The Morgan fingerprint density at radius 3 is 2.57 bits per heavy atom. The molecule has 0 bridgehead atoms. The molecule has 1 radical (unpaired) electrons. The third-order valence-electron chi connectivity index (χ3n) is 1.32. The van der Waals surface area contributed by atoms with Crippen LogP contribution >= 0.6 is 11.8 Å². The SMILES string of the molecule is [CH2]CCC1CCS1. The number of hydrogen-bond donors (Lipinski definition) is 0. The van der Waals surface area contributed by atoms with E-state index in [1.54, 1.807) is 0 Å². The van der Waals surface area contributed by atoms with Crippen LogP contribution in [0.5, 0.6) is 0 Å². The van der Waals surface area contributed by atoms with Gasteiger partial charge in [0.2, 0.25) is 0 Å². The fourth-order valence-corrected chi connectivity index (χ4v) is 1.64. The molecule has 0 aromatic carbocycles. The van der Waals surface area contributed by atoms with Crippen LogP contribution in [0.2, 0.25) is 0 Å². The highest BCUT2D eigenvalue weighted by Crippen LogP contribution is 2.30. The molecule has 1 saturated heterocycles. The summed E-state index contributed by atoms with van der Waals surface area (Å²) < 4.78 is 0. The van der Waals surface area contributed by atoms with E-state index in [4.69, 9.17) is 0 Å². The second-order valence-electron chi connectivity index (χ2n) is 1.92. The summed E-state index contributed by atoms with van der Waals surface area (Å²) in [5.74, 6) is 1.39. The molecular formula is C6H11S. The summed E-state index contributed by atoms with van der Waals surface area (Å²) in [6, 6.07) is 0. The van der Waals surface area contributed by atoms with Crippen LogP contribution in [0.1, 0.15) is 19.3 Å². The van der Waals surface area contributed by atoms with Gasteiger partial charge in [-0.1, -0.05) is 13.3 Å². The molecule has 7 heavy (non-hydrogen) atoms. The highest BCUT2D eigenvalue weighted by atomic mass is 32.2. The first-order valence-corrected chi connectivity index (χ1v) is 3.89. The maximum absolute atomic E-state index is 3.79. The molecule has 1 aliphatic rings. The summed E-state index contributed by atoms with van der Waals surface area (Å²) in [7, 11) is 0. The lowest BCUT2D eigenvalue weighted by Gasteiger charge is -2.23. The van der Waals surface area contributed by atoms with Gasteiger partial charge in [0.25, 0.3) is 0 Å². The summed E-state index contributed by atoms with van der Waals surface area (Å²) in [6.07, 6.45) is 3.91. The van der Waals surface area contributed by atoms with Gasteiger partial charge in [0.05, 0.1) is 0 Å². The summed E-state index contributed by atoms with van der Waals surface area (Å²) in [4.78, 5) is 0. The van der Waals surface area contributed by atoms with Gasteiger partial charge in [0.1, 0.15) is 0 Å². The molecule has 1 heterocycles. The van der Waals surface area contributed by atoms with Crippen LogP contribution in [0.4, 0.5) is 0 Å². The van der Waals surface area contributed by atoms with Crippen LogP contribution in [0.25, 0.3) is 0 Å². The molecule has 0 aromatic heterocycles. The standard InChI is InChI=1S/C6H11S/c1-2-3-6-4-5-7-6/h6H,1-5H2. The van der Waals surface area contributed by atoms with E-state index in [2.05, 4.69) is 18.7 Å². The van der Waals surface area contributed by atoms with Gasteiger partial charge in [-0.15, -0.1) is 0 Å². The molecule has 1 unspecified atom stereocenters. The molecule has 41 valence electrons. The zero-order valence-electron chi connectivity index (χ0n) is 4.52. The fraction of sp³-hybridized carbons (Fsp3) is 0.833. The summed E-state index contributed by atoms with van der Waals surface area (Å²) in [6.45, 7) is 3.79. The van der Waals surface area contributed by atoms with Crippen molar-refractivity contribution in [3.8, 4) is 0 Å². The van der Waals surface area contributed by atoms with Gasteiger partial charge in [-0.2, -0.15) is 11.8 Å². The van der Waals surface area contributed by atoms with Crippen molar-refractivity contribution in [1.82, 2.24) is 0 Å². The zero-order chi connectivity index (χ0) is 5.11. The second-order valence-corrected chi connectivity index (χ2v) is 3.33. The minimum absolute atomic E-state index is 0.984. The minimum Gasteiger partial charge on any atom is -0.159 e. The number of hydrogen-bond acceptors (Lipinski definition) is 1. The average molecular weight is 115 g/mol. The van der Waals surface area contributed by atoms with Crippen molar-refractivity contribution in [1.29, 1.82) is 0 Å². The highest BCUT2D eigenvalue weighted by Gasteiger charge is 2.15. The number of thioether (sulfide) groups is 1. The predicted molar refractivity (Wildman–Crippen MR) is 35.5 cm³/mol. The molecular weight excluding hydrogens is 104 g/mol. The van der Waals surface area contributed by atoms with Crippen molar-refractivity contribution in [2.75, 3.05) is 5.75 Å². The lowest BCUT2D eigenvalue weighted by Crippen LogP contribution is -2.14. The fourth-order valence-electron chi connectivity index (χ4n) is 0.740. The van der Waals surface area contributed by atoms with E-state index in [1.807, 2.05) is 0 Å². The van der Waals surface area contributed by atoms with Gasteiger partial charge in [0.15, 0.2) is 0 Å². The Bertz CT molecular complexity index is 48.1. The van der Waals surface area contributed by atoms with E-state index in [0.717, 1.165) is 11.7 Å². The Labute approximate surface area is 49.7 Å². The first-order chi connectivity index (χ1) is 3.43. The molecule has 0 N–H and O–H groups in total. The first kappa shape index (κ1) is 5.49. The van der Waals surface area contributed by atoms with Crippen molar-refractivity contribution in [3.05, 3.63) is 6.92 Å². The molecule has 1 aliphatic heterocycles.